The van der Waals surface area contributed by atoms with E-state index in [1.165, 1.54) is 19.3 Å². The lowest BCUT2D eigenvalue weighted by molar-refractivity contribution is -0.385. The predicted molar refractivity (Wildman–Crippen MR) is 66.3 cm³/mol. The van der Waals surface area contributed by atoms with E-state index in [9.17, 15) is 10.1 Å². The number of nitrogens with zero attached hydrogens (tertiary/aromatic N) is 2. The number of benzene rings is 1. The van der Waals surface area contributed by atoms with Gasteiger partial charge in [-0.25, -0.2) is 0 Å². The number of nitro groups is 1. The van der Waals surface area contributed by atoms with E-state index >= 15 is 0 Å². The van der Waals surface area contributed by atoms with Gasteiger partial charge in [-0.15, -0.1) is 0 Å². The first-order valence-electron chi connectivity index (χ1n) is 6.17. The van der Waals surface area contributed by atoms with Crippen LogP contribution >= 0.6 is 0 Å². The molecule has 1 saturated heterocycles. The monoisotopic (exact) mass is 232 g/mol. The highest BCUT2D eigenvalue weighted by molar-refractivity contribution is 5.56. The Bertz CT molecular complexity index is 472. The first-order chi connectivity index (χ1) is 8.15. The van der Waals surface area contributed by atoms with Crippen LogP contribution in [-0.4, -0.2) is 17.5 Å². The highest BCUT2D eigenvalue weighted by Gasteiger charge is 2.37. The van der Waals surface area contributed by atoms with Crippen molar-refractivity contribution in [3.05, 3.63) is 33.9 Å². The number of rotatable bonds is 2. The minimum Gasteiger partial charge on any atom is -0.368 e. The molecule has 2 fully saturated rings. The molecule has 2 aliphatic rings. The summed E-state index contributed by atoms with van der Waals surface area (Å²) in [5.41, 5.74) is 2.13. The molecule has 90 valence electrons. The van der Waals surface area contributed by atoms with Crippen LogP contribution in [-0.2, 0) is 0 Å². The van der Waals surface area contributed by atoms with Gasteiger partial charge in [0.25, 0.3) is 5.69 Å². The molecule has 0 radical (unpaired) electrons. The lowest BCUT2D eigenvalue weighted by Gasteiger charge is -2.29. The molecule has 1 saturated carbocycles. The molecular weight excluding hydrogens is 216 g/mol. The van der Waals surface area contributed by atoms with Crippen molar-refractivity contribution >= 4 is 11.4 Å². The second kappa shape index (κ2) is 3.72. The number of fused-ring (bicyclic) bond motifs is 2. The molecule has 4 heteroatoms. The average molecular weight is 232 g/mol. The molecule has 0 spiro atoms. The molecule has 2 atom stereocenters. The molecule has 1 aromatic rings. The molecule has 0 N–H and O–H groups in total. The first kappa shape index (κ1) is 10.6. The Morgan fingerprint density at radius 1 is 1.41 bits per heavy atom. The molecule has 1 heterocycles. The fourth-order valence-electron chi connectivity index (χ4n) is 3.26. The van der Waals surface area contributed by atoms with Crippen LogP contribution in [0.3, 0.4) is 0 Å². The van der Waals surface area contributed by atoms with Gasteiger partial charge < -0.3 is 4.90 Å². The van der Waals surface area contributed by atoms with Gasteiger partial charge in [-0.3, -0.25) is 10.1 Å². The third kappa shape index (κ3) is 1.68. The Labute approximate surface area is 100 Å². The molecule has 4 nitrogen and oxygen atoms in total. The topological polar surface area (TPSA) is 46.4 Å². The Morgan fingerprint density at radius 3 is 2.76 bits per heavy atom. The van der Waals surface area contributed by atoms with Crippen molar-refractivity contribution < 1.29 is 4.92 Å². The quantitative estimate of drug-likeness (QED) is 0.581. The zero-order valence-electron chi connectivity index (χ0n) is 9.93. The summed E-state index contributed by atoms with van der Waals surface area (Å²) in [4.78, 5) is 12.9. The summed E-state index contributed by atoms with van der Waals surface area (Å²) in [6.07, 6.45) is 3.93. The van der Waals surface area contributed by atoms with Crippen LogP contribution in [0, 0.1) is 23.0 Å². The third-order valence-corrected chi connectivity index (χ3v) is 4.12. The van der Waals surface area contributed by atoms with Crippen LogP contribution in [0.5, 0.6) is 0 Å². The second-order valence-electron chi connectivity index (χ2n) is 5.21. The van der Waals surface area contributed by atoms with Crippen LogP contribution in [0.25, 0.3) is 0 Å². The highest BCUT2D eigenvalue weighted by Crippen LogP contribution is 2.40. The fraction of sp³-hybridized carbons (Fsp3) is 0.538. The van der Waals surface area contributed by atoms with Crippen LogP contribution in [0.15, 0.2) is 18.2 Å². The van der Waals surface area contributed by atoms with Gasteiger partial charge in [0.1, 0.15) is 0 Å². The maximum Gasteiger partial charge on any atom is 0.272 e. The Balaban J connectivity index is 1.89. The molecule has 1 aliphatic carbocycles. The summed E-state index contributed by atoms with van der Waals surface area (Å²) in [5.74, 6) is 0.843. The smallest absolute Gasteiger partial charge is 0.272 e. The summed E-state index contributed by atoms with van der Waals surface area (Å²) in [7, 11) is 0. The Hall–Kier alpha value is -1.58. The predicted octanol–water partition coefficient (Wildman–Crippen LogP) is 2.89. The third-order valence-electron chi connectivity index (χ3n) is 4.12. The van der Waals surface area contributed by atoms with E-state index in [1.54, 1.807) is 6.07 Å². The second-order valence-corrected chi connectivity index (χ2v) is 5.21. The molecule has 2 bridgehead atoms. The van der Waals surface area contributed by atoms with Crippen molar-refractivity contribution in [3.63, 3.8) is 0 Å². The van der Waals surface area contributed by atoms with Gasteiger partial charge in [0.15, 0.2) is 0 Å². The molecule has 1 aliphatic heterocycles. The summed E-state index contributed by atoms with van der Waals surface area (Å²) in [6.45, 7) is 2.94. The van der Waals surface area contributed by atoms with Gasteiger partial charge in [-0.2, -0.15) is 0 Å². The SMILES string of the molecule is Cc1cc(N2CC3CCC2C3)ccc1[N+](=O)[O-]. The Kier molecular flexibility index (Phi) is 2.31. The lowest BCUT2D eigenvalue weighted by Crippen LogP contribution is -2.31. The average Bonchev–Trinajstić information content (AvgIpc) is 2.89. The number of piperidine rings is 1. The van der Waals surface area contributed by atoms with Crippen LogP contribution < -0.4 is 4.90 Å². The zero-order chi connectivity index (χ0) is 12.0. The summed E-state index contributed by atoms with van der Waals surface area (Å²) >= 11 is 0. The van der Waals surface area contributed by atoms with Crippen LogP contribution in [0.1, 0.15) is 24.8 Å². The van der Waals surface area contributed by atoms with Crippen molar-refractivity contribution in [1.29, 1.82) is 0 Å². The normalized spacial score (nSPS) is 26.5. The van der Waals surface area contributed by atoms with Crippen LogP contribution in [0.4, 0.5) is 11.4 Å². The lowest BCUT2D eigenvalue weighted by atomic mass is 10.1. The van der Waals surface area contributed by atoms with Gasteiger partial charge in [0.2, 0.25) is 0 Å². The number of hydrogen-bond donors (Lipinski definition) is 0. The molecular formula is C13H16N2O2. The maximum absolute atomic E-state index is 10.8. The number of hydrogen-bond acceptors (Lipinski definition) is 3. The molecule has 0 amide bonds. The van der Waals surface area contributed by atoms with Gasteiger partial charge >= 0.3 is 0 Å². The van der Waals surface area contributed by atoms with Gasteiger partial charge in [-0.05, 0) is 44.2 Å². The van der Waals surface area contributed by atoms with Crippen molar-refractivity contribution in [2.24, 2.45) is 5.92 Å². The molecule has 0 aromatic heterocycles. The van der Waals surface area contributed by atoms with E-state index < -0.39 is 0 Å². The standard InChI is InChI=1S/C13H16N2O2/c1-9-6-11(4-5-13(9)15(16)17)14-8-10-2-3-12(14)7-10/h4-6,10,12H,2-3,7-8H2,1H3. The molecule has 17 heavy (non-hydrogen) atoms. The fourth-order valence-corrected chi connectivity index (χ4v) is 3.26. The van der Waals surface area contributed by atoms with Crippen LogP contribution in [0.2, 0.25) is 0 Å². The van der Waals surface area contributed by atoms with E-state index in [0.717, 1.165) is 23.7 Å². The zero-order valence-corrected chi connectivity index (χ0v) is 9.93. The summed E-state index contributed by atoms with van der Waals surface area (Å²) < 4.78 is 0. The summed E-state index contributed by atoms with van der Waals surface area (Å²) in [5, 5.41) is 10.8. The van der Waals surface area contributed by atoms with E-state index in [-0.39, 0.29) is 10.6 Å². The minimum absolute atomic E-state index is 0.220. The molecule has 1 aromatic carbocycles. The van der Waals surface area contributed by atoms with Gasteiger partial charge in [-0.1, -0.05) is 0 Å². The van der Waals surface area contributed by atoms with E-state index in [2.05, 4.69) is 4.90 Å². The highest BCUT2D eigenvalue weighted by atomic mass is 16.6. The number of aryl methyl sites for hydroxylation is 1. The van der Waals surface area contributed by atoms with Crippen molar-refractivity contribution in [2.75, 3.05) is 11.4 Å². The van der Waals surface area contributed by atoms with Crippen molar-refractivity contribution in [1.82, 2.24) is 0 Å². The van der Waals surface area contributed by atoms with E-state index in [0.29, 0.717) is 6.04 Å². The molecule has 2 unspecified atom stereocenters. The largest absolute Gasteiger partial charge is 0.368 e. The van der Waals surface area contributed by atoms with Crippen molar-refractivity contribution in [3.8, 4) is 0 Å². The van der Waals surface area contributed by atoms with Crippen molar-refractivity contribution in [2.45, 2.75) is 32.2 Å². The molecule has 3 rings (SSSR count). The number of anilines is 1. The summed E-state index contributed by atoms with van der Waals surface area (Å²) in [6, 6.07) is 6.15. The number of nitro benzene ring substituents is 1. The van der Waals surface area contributed by atoms with E-state index in [1.807, 2.05) is 19.1 Å². The first-order valence-corrected chi connectivity index (χ1v) is 6.17. The Morgan fingerprint density at radius 2 is 2.24 bits per heavy atom. The van der Waals surface area contributed by atoms with E-state index in [4.69, 9.17) is 0 Å². The maximum atomic E-state index is 10.8. The minimum atomic E-state index is -0.310. The van der Waals surface area contributed by atoms with Gasteiger partial charge in [0, 0.05) is 29.9 Å². The van der Waals surface area contributed by atoms with Gasteiger partial charge in [0.05, 0.1) is 4.92 Å².